The standard InChI is InChI=1S/C15H18ClFN2O3/c16-12-5-11(6-13(17)7-12)15(22)18-8-10-1-3-19(4-2-10)9-14(20)21/h5-7,10H,1-4,8-9H2,(H,18,22)(H,20,21)/i8D2. The maximum atomic E-state index is 13.3. The Bertz CT molecular complexity index is 617. The molecule has 2 N–H and O–H groups in total. The fourth-order valence-corrected chi connectivity index (χ4v) is 2.57. The highest BCUT2D eigenvalue weighted by Crippen LogP contribution is 2.17. The van der Waals surface area contributed by atoms with Crippen LogP contribution in [0.4, 0.5) is 4.39 Å². The van der Waals surface area contributed by atoms with Gasteiger partial charge in [-0.15, -0.1) is 0 Å². The summed E-state index contributed by atoms with van der Waals surface area (Å²) in [5, 5.41) is 11.1. The number of halogens is 2. The van der Waals surface area contributed by atoms with Gasteiger partial charge in [-0.3, -0.25) is 14.5 Å². The van der Waals surface area contributed by atoms with Crippen molar-refractivity contribution in [3.05, 3.63) is 34.6 Å². The molecule has 0 aromatic heterocycles. The Balaban J connectivity index is 1.98. The molecule has 120 valence electrons. The van der Waals surface area contributed by atoms with Crippen LogP contribution < -0.4 is 5.32 Å². The van der Waals surface area contributed by atoms with Crippen LogP contribution >= 0.6 is 11.6 Å². The van der Waals surface area contributed by atoms with E-state index in [9.17, 15) is 14.0 Å². The fraction of sp³-hybridized carbons (Fsp3) is 0.467. The molecule has 0 atom stereocenters. The van der Waals surface area contributed by atoms with E-state index in [1.165, 1.54) is 6.07 Å². The molecule has 0 saturated carbocycles. The van der Waals surface area contributed by atoms with Gasteiger partial charge >= 0.3 is 5.97 Å². The van der Waals surface area contributed by atoms with Gasteiger partial charge in [0.15, 0.2) is 0 Å². The number of amides is 1. The molecule has 1 aromatic rings. The molecule has 2 rings (SSSR count). The molecular formula is C15H18ClFN2O3. The number of hydrogen-bond acceptors (Lipinski definition) is 3. The molecule has 1 heterocycles. The zero-order valence-corrected chi connectivity index (χ0v) is 12.6. The van der Waals surface area contributed by atoms with E-state index in [0.717, 1.165) is 12.1 Å². The van der Waals surface area contributed by atoms with Crippen molar-refractivity contribution in [1.82, 2.24) is 10.2 Å². The molecule has 22 heavy (non-hydrogen) atoms. The molecule has 1 fully saturated rings. The number of carboxylic acids is 1. The summed E-state index contributed by atoms with van der Waals surface area (Å²) in [7, 11) is 0. The summed E-state index contributed by atoms with van der Waals surface area (Å²) < 4.78 is 29.5. The number of rotatable bonds is 5. The van der Waals surface area contributed by atoms with Gasteiger partial charge in [0.25, 0.3) is 5.91 Å². The van der Waals surface area contributed by atoms with Crippen molar-refractivity contribution in [2.45, 2.75) is 12.8 Å². The van der Waals surface area contributed by atoms with Gasteiger partial charge < -0.3 is 10.4 Å². The van der Waals surface area contributed by atoms with Gasteiger partial charge in [0.2, 0.25) is 0 Å². The predicted molar refractivity (Wildman–Crippen MR) is 80.5 cm³/mol. The number of carbonyl (C=O) groups excluding carboxylic acids is 1. The number of likely N-dealkylation sites (tertiary alicyclic amines) is 1. The Morgan fingerprint density at radius 2 is 2.09 bits per heavy atom. The minimum absolute atomic E-state index is 0.0489. The summed E-state index contributed by atoms with van der Waals surface area (Å²) in [6.45, 7) is -1.18. The molecule has 0 bridgehead atoms. The minimum Gasteiger partial charge on any atom is -0.480 e. The van der Waals surface area contributed by atoms with Gasteiger partial charge in [-0.2, -0.15) is 0 Å². The van der Waals surface area contributed by atoms with E-state index in [1.807, 2.05) is 0 Å². The third-order valence-electron chi connectivity index (χ3n) is 3.46. The second-order valence-corrected chi connectivity index (χ2v) is 5.64. The summed E-state index contributed by atoms with van der Waals surface area (Å²) in [4.78, 5) is 24.6. The largest absolute Gasteiger partial charge is 0.480 e. The lowest BCUT2D eigenvalue weighted by atomic mass is 9.96. The first kappa shape index (κ1) is 14.0. The zero-order valence-electron chi connectivity index (χ0n) is 13.8. The van der Waals surface area contributed by atoms with E-state index < -0.39 is 30.1 Å². The monoisotopic (exact) mass is 330 g/mol. The molecule has 1 saturated heterocycles. The first-order chi connectivity index (χ1) is 11.2. The van der Waals surface area contributed by atoms with Crippen LogP contribution in [-0.4, -0.2) is 48.0 Å². The third-order valence-corrected chi connectivity index (χ3v) is 3.68. The smallest absolute Gasteiger partial charge is 0.317 e. The number of nitrogens with one attached hydrogen (secondary N) is 1. The quantitative estimate of drug-likeness (QED) is 0.866. The summed E-state index contributed by atoms with van der Waals surface area (Å²) in [5.41, 5.74) is -0.0489. The molecule has 5 nitrogen and oxygen atoms in total. The topological polar surface area (TPSA) is 69.6 Å². The Kier molecular flexibility index (Phi) is 4.80. The summed E-state index contributed by atoms with van der Waals surface area (Å²) >= 11 is 5.70. The van der Waals surface area contributed by atoms with Crippen LogP contribution in [-0.2, 0) is 4.79 Å². The zero-order chi connectivity index (χ0) is 17.9. The molecule has 0 spiro atoms. The average molecular weight is 331 g/mol. The highest BCUT2D eigenvalue weighted by molar-refractivity contribution is 6.31. The molecule has 7 heteroatoms. The molecule has 1 aromatic carbocycles. The lowest BCUT2D eigenvalue weighted by Crippen LogP contribution is -2.40. The maximum Gasteiger partial charge on any atom is 0.317 e. The first-order valence-electron chi connectivity index (χ1n) is 7.90. The van der Waals surface area contributed by atoms with Crippen LogP contribution in [0.5, 0.6) is 0 Å². The van der Waals surface area contributed by atoms with Crippen molar-refractivity contribution < 1.29 is 21.8 Å². The van der Waals surface area contributed by atoms with Gasteiger partial charge in [-0.05, 0) is 50.0 Å². The Morgan fingerprint density at radius 3 is 2.68 bits per heavy atom. The van der Waals surface area contributed by atoms with Gasteiger partial charge in [0, 0.05) is 19.8 Å². The van der Waals surface area contributed by atoms with E-state index in [-0.39, 0.29) is 17.1 Å². The van der Waals surface area contributed by atoms with E-state index in [0.29, 0.717) is 25.9 Å². The van der Waals surface area contributed by atoms with E-state index in [2.05, 4.69) is 5.32 Å². The second kappa shape index (κ2) is 7.56. The van der Waals surface area contributed by atoms with Crippen molar-refractivity contribution in [2.24, 2.45) is 5.92 Å². The van der Waals surface area contributed by atoms with Crippen LogP contribution in [0.3, 0.4) is 0 Å². The fourth-order valence-electron chi connectivity index (χ4n) is 2.35. The number of benzene rings is 1. The van der Waals surface area contributed by atoms with Crippen LogP contribution in [0.25, 0.3) is 0 Å². The minimum atomic E-state index is -1.98. The van der Waals surface area contributed by atoms with Gasteiger partial charge in [0.1, 0.15) is 5.82 Å². The number of carboxylic acid groups (broad SMARTS) is 1. The van der Waals surface area contributed by atoms with Crippen molar-refractivity contribution in [3.8, 4) is 0 Å². The van der Waals surface area contributed by atoms with E-state index in [1.54, 1.807) is 4.90 Å². The maximum absolute atomic E-state index is 13.3. The van der Waals surface area contributed by atoms with Crippen LogP contribution in [0.15, 0.2) is 18.2 Å². The van der Waals surface area contributed by atoms with Crippen LogP contribution in [0.2, 0.25) is 5.02 Å². The average Bonchev–Trinajstić information content (AvgIpc) is 2.45. The number of nitrogens with zero attached hydrogens (tertiary/aromatic N) is 1. The lowest BCUT2D eigenvalue weighted by Gasteiger charge is -2.30. The first-order valence-corrected chi connectivity index (χ1v) is 7.28. The van der Waals surface area contributed by atoms with Crippen molar-refractivity contribution >= 4 is 23.5 Å². The number of aliphatic carboxylic acids is 1. The highest BCUT2D eigenvalue weighted by Gasteiger charge is 2.21. The molecule has 0 radical (unpaired) electrons. The van der Waals surface area contributed by atoms with Crippen molar-refractivity contribution in [3.63, 3.8) is 0 Å². The summed E-state index contributed by atoms with van der Waals surface area (Å²) in [5.74, 6) is -2.78. The van der Waals surface area contributed by atoms with E-state index >= 15 is 0 Å². The second-order valence-electron chi connectivity index (χ2n) is 5.20. The summed E-state index contributed by atoms with van der Waals surface area (Å²) in [6.07, 6.45) is 0.842. The van der Waals surface area contributed by atoms with Crippen LogP contribution in [0.1, 0.15) is 25.9 Å². The predicted octanol–water partition coefficient (Wildman–Crippen LogP) is 2.01. The van der Waals surface area contributed by atoms with Crippen molar-refractivity contribution in [1.29, 1.82) is 0 Å². The van der Waals surface area contributed by atoms with Gasteiger partial charge in [0.05, 0.1) is 6.54 Å². The van der Waals surface area contributed by atoms with E-state index in [4.69, 9.17) is 19.4 Å². The van der Waals surface area contributed by atoms with Crippen LogP contribution in [0, 0.1) is 11.7 Å². The Morgan fingerprint density at radius 1 is 1.41 bits per heavy atom. The molecule has 1 amide bonds. The Labute approximate surface area is 135 Å². The Hall–Kier alpha value is -1.66. The molecule has 0 aliphatic carbocycles. The highest BCUT2D eigenvalue weighted by atomic mass is 35.5. The lowest BCUT2D eigenvalue weighted by molar-refractivity contribution is -0.138. The number of hydrogen-bond donors (Lipinski definition) is 2. The molecule has 0 unspecified atom stereocenters. The van der Waals surface area contributed by atoms with Gasteiger partial charge in [-0.1, -0.05) is 11.6 Å². The molecule has 1 aliphatic rings. The summed E-state index contributed by atoms with van der Waals surface area (Å²) in [6, 6.07) is 3.32. The molecular weight excluding hydrogens is 311 g/mol. The number of piperidine rings is 1. The van der Waals surface area contributed by atoms with Gasteiger partial charge in [-0.25, -0.2) is 4.39 Å². The molecule has 1 aliphatic heterocycles. The SMILES string of the molecule is [2H]C([2H])(NC(=O)c1cc(F)cc(Cl)c1)C1CCN(CC(=O)O)CC1. The third kappa shape index (κ3) is 4.96. The van der Waals surface area contributed by atoms with Crippen molar-refractivity contribution in [2.75, 3.05) is 26.1 Å². The number of carbonyl (C=O) groups is 2. The normalized spacial score (nSPS) is 18.5.